The highest BCUT2D eigenvalue weighted by molar-refractivity contribution is 7.89. The molecule has 2 rings (SSSR count). The predicted molar refractivity (Wildman–Crippen MR) is 126 cm³/mol. The molecule has 0 aromatic heterocycles. The summed E-state index contributed by atoms with van der Waals surface area (Å²) in [5, 5.41) is 0. The fourth-order valence-electron chi connectivity index (χ4n) is 3.16. The maximum atomic E-state index is 13.2. The van der Waals surface area contributed by atoms with Crippen LogP contribution in [-0.2, 0) is 38.5 Å². The van der Waals surface area contributed by atoms with Gasteiger partial charge in [-0.25, -0.2) is 8.42 Å². The summed E-state index contributed by atoms with van der Waals surface area (Å²) in [7, 11) is -3.84. The molecule has 1 atom stereocenters. The van der Waals surface area contributed by atoms with E-state index < -0.39 is 16.1 Å². The topological polar surface area (TPSA) is 113 Å². The second-order valence-electron chi connectivity index (χ2n) is 7.78. The molecule has 1 aromatic rings. The second-order valence-corrected chi connectivity index (χ2v) is 9.50. The standard InChI is InChI=1S/C23H38N2O8S/c1-3-22(24-34(27,28)21-6-4-20(2)5-7-21)23(26)25-8-10-29-12-14-31-16-18-33-19-17-32-15-13-30-11-9-25/h4-7,22,24H,3,8-19H2,1-2H3. The van der Waals surface area contributed by atoms with Crippen LogP contribution in [0.2, 0.25) is 0 Å². The summed E-state index contributed by atoms with van der Waals surface area (Å²) in [4.78, 5) is 14.9. The number of hydrogen-bond donors (Lipinski definition) is 1. The first-order valence-electron chi connectivity index (χ1n) is 11.7. The number of aryl methyl sites for hydroxylation is 1. The van der Waals surface area contributed by atoms with Crippen molar-refractivity contribution in [3.8, 4) is 0 Å². The summed E-state index contributed by atoms with van der Waals surface area (Å²) in [6.07, 6.45) is 0.311. The molecule has 1 saturated heterocycles. The van der Waals surface area contributed by atoms with Crippen LogP contribution in [0, 0.1) is 6.92 Å². The number of hydrogen-bond acceptors (Lipinski definition) is 8. The van der Waals surface area contributed by atoms with Gasteiger partial charge >= 0.3 is 0 Å². The number of sulfonamides is 1. The van der Waals surface area contributed by atoms with E-state index >= 15 is 0 Å². The molecule has 0 saturated carbocycles. The fourth-order valence-corrected chi connectivity index (χ4v) is 4.44. The zero-order valence-electron chi connectivity index (χ0n) is 20.2. The number of nitrogens with zero attached hydrogens (tertiary/aromatic N) is 1. The van der Waals surface area contributed by atoms with Crippen LogP contribution in [0.3, 0.4) is 0 Å². The smallest absolute Gasteiger partial charge is 0.241 e. The van der Waals surface area contributed by atoms with Gasteiger partial charge in [-0.05, 0) is 25.5 Å². The van der Waals surface area contributed by atoms with E-state index in [-0.39, 0.29) is 10.8 Å². The summed E-state index contributed by atoms with van der Waals surface area (Å²) in [5.41, 5.74) is 0.953. The average molecular weight is 503 g/mol. The molecule has 1 aliphatic rings. The van der Waals surface area contributed by atoms with Gasteiger partial charge < -0.3 is 28.6 Å². The van der Waals surface area contributed by atoms with E-state index in [0.717, 1.165) is 5.56 Å². The van der Waals surface area contributed by atoms with E-state index in [1.165, 1.54) is 12.1 Å². The molecule has 11 heteroatoms. The molecule has 1 fully saturated rings. The number of rotatable bonds is 5. The van der Waals surface area contributed by atoms with Gasteiger partial charge in [-0.2, -0.15) is 4.72 Å². The number of ether oxygens (including phenoxy) is 5. The highest BCUT2D eigenvalue weighted by atomic mass is 32.2. The molecule has 0 bridgehead atoms. The molecule has 1 aliphatic heterocycles. The Hall–Kier alpha value is -1.60. The monoisotopic (exact) mass is 502 g/mol. The van der Waals surface area contributed by atoms with Crippen LogP contribution in [0.25, 0.3) is 0 Å². The number of carbonyl (C=O) groups is 1. The lowest BCUT2D eigenvalue weighted by Gasteiger charge is -2.27. The SMILES string of the molecule is CCC(NS(=O)(=O)c1ccc(C)cc1)C(=O)N1CCOCCOCCOCCOCCOCC1. The van der Waals surface area contributed by atoms with Crippen molar-refractivity contribution in [2.75, 3.05) is 79.2 Å². The molecule has 1 unspecified atom stereocenters. The number of benzene rings is 1. The Balaban J connectivity index is 1.97. The molecule has 10 nitrogen and oxygen atoms in total. The number of amides is 1. The van der Waals surface area contributed by atoms with E-state index in [0.29, 0.717) is 85.6 Å². The fraction of sp³-hybridized carbons (Fsp3) is 0.696. The summed E-state index contributed by atoms with van der Waals surface area (Å²) in [6, 6.07) is 5.62. The highest BCUT2D eigenvalue weighted by Crippen LogP contribution is 2.12. The minimum absolute atomic E-state index is 0.126. The first-order chi connectivity index (χ1) is 16.4. The quantitative estimate of drug-likeness (QED) is 0.634. The van der Waals surface area contributed by atoms with E-state index in [1.54, 1.807) is 24.0 Å². The molecule has 194 valence electrons. The van der Waals surface area contributed by atoms with Gasteiger partial charge in [0.2, 0.25) is 15.9 Å². The van der Waals surface area contributed by atoms with Gasteiger partial charge in [0.15, 0.2) is 0 Å². The van der Waals surface area contributed by atoms with Crippen LogP contribution in [0.5, 0.6) is 0 Å². The molecule has 1 N–H and O–H groups in total. The first-order valence-corrected chi connectivity index (χ1v) is 13.2. The molecule has 34 heavy (non-hydrogen) atoms. The van der Waals surface area contributed by atoms with Gasteiger partial charge in [-0.1, -0.05) is 24.6 Å². The summed E-state index contributed by atoms with van der Waals surface area (Å²) in [6.45, 7) is 8.40. The van der Waals surface area contributed by atoms with Crippen LogP contribution in [0.1, 0.15) is 18.9 Å². The lowest BCUT2D eigenvalue weighted by Crippen LogP contribution is -2.50. The molecule has 1 amide bonds. The third kappa shape index (κ3) is 10.8. The van der Waals surface area contributed by atoms with Crippen molar-refractivity contribution in [3.63, 3.8) is 0 Å². The van der Waals surface area contributed by atoms with Crippen molar-refractivity contribution in [2.45, 2.75) is 31.2 Å². The lowest BCUT2D eigenvalue weighted by atomic mass is 10.2. The Morgan fingerprint density at radius 1 is 0.824 bits per heavy atom. The van der Waals surface area contributed by atoms with Crippen molar-refractivity contribution in [1.29, 1.82) is 0 Å². The molecule has 0 aliphatic carbocycles. The number of nitrogens with one attached hydrogen (secondary N) is 1. The Bertz CT molecular complexity index is 786. The predicted octanol–water partition coefficient (Wildman–Crippen LogP) is 0.977. The van der Waals surface area contributed by atoms with Crippen LogP contribution in [-0.4, -0.2) is 104 Å². The second kappa shape index (κ2) is 16.1. The minimum Gasteiger partial charge on any atom is -0.377 e. The first kappa shape index (κ1) is 28.6. The van der Waals surface area contributed by atoms with Gasteiger partial charge in [-0.3, -0.25) is 4.79 Å². The maximum absolute atomic E-state index is 13.2. The van der Waals surface area contributed by atoms with Crippen molar-refractivity contribution >= 4 is 15.9 Å². The maximum Gasteiger partial charge on any atom is 0.241 e. The van der Waals surface area contributed by atoms with E-state index in [1.807, 2.05) is 6.92 Å². The zero-order chi connectivity index (χ0) is 24.7. The van der Waals surface area contributed by atoms with Crippen molar-refractivity contribution < 1.29 is 36.9 Å². The van der Waals surface area contributed by atoms with E-state index in [9.17, 15) is 13.2 Å². The molecule has 1 aromatic carbocycles. The molecular formula is C23H38N2O8S. The molecular weight excluding hydrogens is 464 g/mol. The largest absolute Gasteiger partial charge is 0.377 e. The van der Waals surface area contributed by atoms with Gasteiger partial charge in [0.05, 0.1) is 71.0 Å². The average Bonchev–Trinajstić information content (AvgIpc) is 2.82. The van der Waals surface area contributed by atoms with Crippen LogP contribution >= 0.6 is 0 Å². The third-order valence-electron chi connectivity index (χ3n) is 5.15. The van der Waals surface area contributed by atoms with E-state index in [2.05, 4.69) is 4.72 Å². The van der Waals surface area contributed by atoms with Gasteiger partial charge in [-0.15, -0.1) is 0 Å². The molecule has 0 radical (unpaired) electrons. The van der Waals surface area contributed by atoms with Crippen LogP contribution in [0.15, 0.2) is 29.2 Å². The Morgan fingerprint density at radius 2 is 1.24 bits per heavy atom. The summed E-state index contributed by atoms with van der Waals surface area (Å²) in [5.74, 6) is -0.315. The Kier molecular flexibility index (Phi) is 13.6. The normalized spacial score (nSPS) is 19.6. The van der Waals surface area contributed by atoms with Gasteiger partial charge in [0.25, 0.3) is 0 Å². The van der Waals surface area contributed by atoms with Crippen molar-refractivity contribution in [3.05, 3.63) is 29.8 Å². The van der Waals surface area contributed by atoms with Crippen molar-refractivity contribution in [2.24, 2.45) is 0 Å². The zero-order valence-corrected chi connectivity index (χ0v) is 21.0. The van der Waals surface area contributed by atoms with Crippen LogP contribution in [0.4, 0.5) is 0 Å². The van der Waals surface area contributed by atoms with Crippen molar-refractivity contribution in [1.82, 2.24) is 9.62 Å². The molecule has 0 spiro atoms. The van der Waals surface area contributed by atoms with Gasteiger partial charge in [0, 0.05) is 13.1 Å². The van der Waals surface area contributed by atoms with Gasteiger partial charge in [0.1, 0.15) is 6.04 Å². The summed E-state index contributed by atoms with van der Waals surface area (Å²) >= 11 is 0. The third-order valence-corrected chi connectivity index (χ3v) is 6.63. The minimum atomic E-state index is -3.84. The number of carbonyl (C=O) groups excluding carboxylic acids is 1. The Morgan fingerprint density at radius 3 is 1.65 bits per heavy atom. The molecule has 1 heterocycles. The highest BCUT2D eigenvalue weighted by Gasteiger charge is 2.28. The summed E-state index contributed by atoms with van der Waals surface area (Å²) < 4.78 is 55.7. The van der Waals surface area contributed by atoms with Crippen LogP contribution < -0.4 is 4.72 Å². The Labute approximate surface area is 202 Å². The lowest BCUT2D eigenvalue weighted by molar-refractivity contribution is -0.134. The van der Waals surface area contributed by atoms with E-state index in [4.69, 9.17) is 23.7 Å².